The molecular formula is C23H27N3O2S. The van der Waals surface area contributed by atoms with Gasteiger partial charge >= 0.3 is 0 Å². The highest BCUT2D eigenvalue weighted by Crippen LogP contribution is 2.29. The summed E-state index contributed by atoms with van der Waals surface area (Å²) in [6.45, 7) is 7.25. The van der Waals surface area contributed by atoms with E-state index in [4.69, 9.17) is 9.72 Å². The van der Waals surface area contributed by atoms with Gasteiger partial charge < -0.3 is 4.74 Å². The molecular weight excluding hydrogens is 382 g/mol. The predicted molar refractivity (Wildman–Crippen MR) is 119 cm³/mol. The Bertz CT molecular complexity index is 932. The van der Waals surface area contributed by atoms with Gasteiger partial charge in [0.25, 0.3) is 0 Å². The van der Waals surface area contributed by atoms with Crippen molar-refractivity contribution in [3.8, 4) is 0 Å². The maximum absolute atomic E-state index is 13.2. The summed E-state index contributed by atoms with van der Waals surface area (Å²) >= 11 is 1.59. The van der Waals surface area contributed by atoms with E-state index in [2.05, 4.69) is 30.0 Å². The number of ether oxygens (including phenoxy) is 1. The number of anilines is 1. The Morgan fingerprint density at radius 2 is 2.00 bits per heavy atom. The van der Waals surface area contributed by atoms with Crippen LogP contribution in [0.2, 0.25) is 0 Å². The predicted octanol–water partition coefficient (Wildman–Crippen LogP) is 3.90. The molecule has 1 aromatic heterocycles. The van der Waals surface area contributed by atoms with E-state index in [1.165, 1.54) is 5.56 Å². The number of amides is 1. The number of carbonyl (C=O) groups is 1. The highest BCUT2D eigenvalue weighted by Gasteiger charge is 2.20. The van der Waals surface area contributed by atoms with Crippen LogP contribution in [-0.2, 0) is 16.0 Å². The summed E-state index contributed by atoms with van der Waals surface area (Å²) in [5.74, 6) is 0.108. The van der Waals surface area contributed by atoms with Crippen molar-refractivity contribution < 1.29 is 9.53 Å². The molecule has 5 nitrogen and oxygen atoms in total. The van der Waals surface area contributed by atoms with E-state index < -0.39 is 0 Å². The van der Waals surface area contributed by atoms with Crippen molar-refractivity contribution in [2.24, 2.45) is 0 Å². The second kappa shape index (κ2) is 9.48. The third kappa shape index (κ3) is 5.21. The molecule has 3 aromatic rings. The molecule has 1 amide bonds. The lowest BCUT2D eigenvalue weighted by atomic mass is 10.1. The average Bonchev–Trinajstić information content (AvgIpc) is 3.15. The summed E-state index contributed by atoms with van der Waals surface area (Å²) < 4.78 is 6.54. The summed E-state index contributed by atoms with van der Waals surface area (Å²) in [7, 11) is 0. The Morgan fingerprint density at radius 1 is 1.17 bits per heavy atom. The van der Waals surface area contributed by atoms with Gasteiger partial charge in [-0.3, -0.25) is 14.6 Å². The molecule has 1 aliphatic heterocycles. The van der Waals surface area contributed by atoms with Gasteiger partial charge in [-0.1, -0.05) is 53.3 Å². The van der Waals surface area contributed by atoms with E-state index in [-0.39, 0.29) is 5.91 Å². The maximum Gasteiger partial charge on any atom is 0.233 e. The fraction of sp³-hybridized carbons (Fsp3) is 0.391. The van der Waals surface area contributed by atoms with Gasteiger partial charge in [0.05, 0.1) is 29.9 Å². The van der Waals surface area contributed by atoms with Gasteiger partial charge in [-0.05, 0) is 31.0 Å². The SMILES string of the molecule is Cc1cccc(CC(=O)N(CCCN2CCOCC2)c2nc3ccccc3s2)c1. The maximum atomic E-state index is 13.2. The molecule has 0 unspecified atom stereocenters. The lowest BCUT2D eigenvalue weighted by Gasteiger charge is -2.27. The summed E-state index contributed by atoms with van der Waals surface area (Å²) in [5.41, 5.74) is 3.18. The number of para-hydroxylation sites is 1. The average molecular weight is 410 g/mol. The zero-order chi connectivity index (χ0) is 20.1. The first kappa shape index (κ1) is 20.0. The van der Waals surface area contributed by atoms with Crippen LogP contribution >= 0.6 is 11.3 Å². The minimum absolute atomic E-state index is 0.108. The largest absolute Gasteiger partial charge is 0.379 e. The molecule has 152 valence electrons. The zero-order valence-electron chi connectivity index (χ0n) is 16.8. The molecule has 1 fully saturated rings. The Hall–Kier alpha value is -2.28. The van der Waals surface area contributed by atoms with Gasteiger partial charge in [0.15, 0.2) is 5.13 Å². The number of morpholine rings is 1. The van der Waals surface area contributed by atoms with Crippen LogP contribution in [0.5, 0.6) is 0 Å². The molecule has 0 bridgehead atoms. The third-order valence-corrected chi connectivity index (χ3v) is 6.27. The van der Waals surface area contributed by atoms with E-state index in [9.17, 15) is 4.79 Å². The van der Waals surface area contributed by atoms with Gasteiger partial charge in [0.1, 0.15) is 0 Å². The number of thiazole rings is 1. The van der Waals surface area contributed by atoms with Crippen LogP contribution in [0.1, 0.15) is 17.5 Å². The van der Waals surface area contributed by atoms with Crippen LogP contribution in [0.15, 0.2) is 48.5 Å². The molecule has 0 atom stereocenters. The fourth-order valence-electron chi connectivity index (χ4n) is 3.67. The topological polar surface area (TPSA) is 45.7 Å². The number of nitrogens with zero attached hydrogens (tertiary/aromatic N) is 3. The van der Waals surface area contributed by atoms with Crippen LogP contribution in [-0.4, -0.2) is 55.2 Å². The van der Waals surface area contributed by atoms with Gasteiger partial charge in [-0.25, -0.2) is 4.98 Å². The lowest BCUT2D eigenvalue weighted by molar-refractivity contribution is -0.118. The molecule has 1 saturated heterocycles. The van der Waals surface area contributed by atoms with Gasteiger partial charge in [-0.15, -0.1) is 0 Å². The molecule has 2 aromatic carbocycles. The molecule has 0 aliphatic carbocycles. The normalized spacial score (nSPS) is 14.9. The highest BCUT2D eigenvalue weighted by molar-refractivity contribution is 7.22. The van der Waals surface area contributed by atoms with Crippen molar-refractivity contribution in [1.82, 2.24) is 9.88 Å². The number of hydrogen-bond donors (Lipinski definition) is 0. The second-order valence-electron chi connectivity index (χ2n) is 7.48. The number of carbonyl (C=O) groups excluding carboxylic acids is 1. The molecule has 2 heterocycles. The summed E-state index contributed by atoms with van der Waals surface area (Å²) in [5, 5.41) is 0.797. The molecule has 0 N–H and O–H groups in total. The Morgan fingerprint density at radius 3 is 2.79 bits per heavy atom. The smallest absolute Gasteiger partial charge is 0.233 e. The minimum Gasteiger partial charge on any atom is -0.379 e. The quantitative estimate of drug-likeness (QED) is 0.594. The number of aryl methyl sites for hydroxylation is 1. The monoisotopic (exact) mass is 409 g/mol. The zero-order valence-corrected chi connectivity index (χ0v) is 17.7. The molecule has 4 rings (SSSR count). The fourth-order valence-corrected chi connectivity index (χ4v) is 4.68. The Labute approximate surface area is 175 Å². The van der Waals surface area contributed by atoms with Crippen molar-refractivity contribution >= 4 is 32.6 Å². The first-order chi connectivity index (χ1) is 14.2. The molecule has 29 heavy (non-hydrogen) atoms. The van der Waals surface area contributed by atoms with E-state index in [1.54, 1.807) is 11.3 Å². The van der Waals surface area contributed by atoms with Crippen molar-refractivity contribution in [1.29, 1.82) is 0 Å². The van der Waals surface area contributed by atoms with E-state index in [0.717, 1.165) is 60.2 Å². The minimum atomic E-state index is 0.108. The first-order valence-electron chi connectivity index (χ1n) is 10.2. The van der Waals surface area contributed by atoms with Crippen molar-refractivity contribution in [2.75, 3.05) is 44.3 Å². The Balaban J connectivity index is 1.50. The number of benzene rings is 2. The van der Waals surface area contributed by atoms with Crippen LogP contribution in [0, 0.1) is 6.92 Å². The van der Waals surface area contributed by atoms with Gasteiger partial charge in [0, 0.05) is 26.2 Å². The van der Waals surface area contributed by atoms with Crippen LogP contribution < -0.4 is 4.90 Å². The van der Waals surface area contributed by atoms with Gasteiger partial charge in [-0.2, -0.15) is 0 Å². The van der Waals surface area contributed by atoms with Gasteiger partial charge in [0.2, 0.25) is 5.91 Å². The van der Waals surface area contributed by atoms with Crippen molar-refractivity contribution in [3.05, 3.63) is 59.7 Å². The van der Waals surface area contributed by atoms with E-state index >= 15 is 0 Å². The number of rotatable bonds is 7. The summed E-state index contributed by atoms with van der Waals surface area (Å²) in [4.78, 5) is 22.3. The van der Waals surface area contributed by atoms with Crippen molar-refractivity contribution in [2.45, 2.75) is 19.8 Å². The third-order valence-electron chi connectivity index (χ3n) is 5.21. The first-order valence-corrected chi connectivity index (χ1v) is 11.0. The second-order valence-corrected chi connectivity index (χ2v) is 8.49. The lowest BCUT2D eigenvalue weighted by Crippen LogP contribution is -2.39. The van der Waals surface area contributed by atoms with Crippen molar-refractivity contribution in [3.63, 3.8) is 0 Å². The van der Waals surface area contributed by atoms with Crippen LogP contribution in [0.25, 0.3) is 10.2 Å². The molecule has 0 saturated carbocycles. The number of aromatic nitrogens is 1. The molecule has 0 radical (unpaired) electrons. The van der Waals surface area contributed by atoms with E-state index in [0.29, 0.717) is 13.0 Å². The number of fused-ring (bicyclic) bond motifs is 1. The number of hydrogen-bond acceptors (Lipinski definition) is 5. The molecule has 1 aliphatic rings. The standard InChI is InChI=1S/C23H27N3O2S/c1-18-6-4-7-19(16-18)17-22(27)26(11-5-10-25-12-14-28-15-13-25)23-24-20-8-2-3-9-21(20)29-23/h2-4,6-9,16H,5,10-15,17H2,1H3. The summed E-state index contributed by atoms with van der Waals surface area (Å²) in [6.07, 6.45) is 1.32. The van der Waals surface area contributed by atoms with E-state index in [1.807, 2.05) is 35.2 Å². The summed E-state index contributed by atoms with van der Waals surface area (Å²) in [6, 6.07) is 16.3. The highest BCUT2D eigenvalue weighted by atomic mass is 32.1. The molecule has 6 heteroatoms. The van der Waals surface area contributed by atoms with Crippen LogP contribution in [0.4, 0.5) is 5.13 Å². The van der Waals surface area contributed by atoms with Crippen LogP contribution in [0.3, 0.4) is 0 Å². The Kier molecular flexibility index (Phi) is 6.54. The molecule has 0 spiro atoms.